The number of methoxy groups -OCH3 is 1. The molecule has 1 aliphatic rings. The molecular weight excluding hydrogens is 178 g/mol. The fourth-order valence-corrected chi connectivity index (χ4v) is 1.88. The first-order valence-corrected chi connectivity index (χ1v) is 4.91. The van der Waals surface area contributed by atoms with Gasteiger partial charge in [0.25, 0.3) is 0 Å². The Labute approximate surface area is 83.7 Å². The summed E-state index contributed by atoms with van der Waals surface area (Å²) in [6.45, 7) is 1.08. The maximum atomic E-state index is 9.43. The second-order valence-electron chi connectivity index (χ2n) is 3.58. The number of phenols is 1. The monoisotopic (exact) mass is 193 g/mol. The zero-order chi connectivity index (χ0) is 9.97. The van der Waals surface area contributed by atoms with E-state index in [0.29, 0.717) is 11.8 Å². The molecule has 0 spiro atoms. The topological polar surface area (TPSA) is 41.5 Å². The van der Waals surface area contributed by atoms with Crippen molar-refractivity contribution in [1.29, 1.82) is 0 Å². The molecule has 0 aromatic heterocycles. The van der Waals surface area contributed by atoms with Crippen molar-refractivity contribution in [3.05, 3.63) is 23.8 Å². The summed E-state index contributed by atoms with van der Waals surface area (Å²) >= 11 is 0. The van der Waals surface area contributed by atoms with E-state index in [4.69, 9.17) is 4.74 Å². The molecule has 14 heavy (non-hydrogen) atoms. The van der Waals surface area contributed by atoms with Crippen LogP contribution in [0.2, 0.25) is 0 Å². The maximum absolute atomic E-state index is 9.43. The number of benzene rings is 1. The SMILES string of the molecule is COc1cc([C@@H]2CCCN2)ccc1O. The number of aromatic hydroxyl groups is 1. The third-order valence-electron chi connectivity index (χ3n) is 2.67. The van der Waals surface area contributed by atoms with Gasteiger partial charge in [0.05, 0.1) is 7.11 Å². The van der Waals surface area contributed by atoms with Gasteiger partial charge in [0.15, 0.2) is 11.5 Å². The van der Waals surface area contributed by atoms with Gasteiger partial charge in [0, 0.05) is 6.04 Å². The van der Waals surface area contributed by atoms with Crippen LogP contribution in [0.3, 0.4) is 0 Å². The van der Waals surface area contributed by atoms with E-state index >= 15 is 0 Å². The zero-order valence-corrected chi connectivity index (χ0v) is 8.29. The molecule has 2 rings (SSSR count). The first-order valence-electron chi connectivity index (χ1n) is 4.91. The molecule has 0 bridgehead atoms. The van der Waals surface area contributed by atoms with Crippen molar-refractivity contribution in [3.8, 4) is 11.5 Å². The Morgan fingerprint density at radius 3 is 3.00 bits per heavy atom. The molecule has 1 aromatic rings. The average molecular weight is 193 g/mol. The Kier molecular flexibility index (Phi) is 2.59. The summed E-state index contributed by atoms with van der Waals surface area (Å²) in [5.74, 6) is 0.755. The molecule has 0 aliphatic carbocycles. The van der Waals surface area contributed by atoms with E-state index in [1.807, 2.05) is 12.1 Å². The lowest BCUT2D eigenvalue weighted by Crippen LogP contribution is -2.12. The summed E-state index contributed by atoms with van der Waals surface area (Å²) in [5.41, 5.74) is 1.19. The standard InChI is InChI=1S/C11H15NO2/c1-14-11-7-8(4-5-10(11)13)9-3-2-6-12-9/h4-5,7,9,12-13H,2-3,6H2,1H3/t9-/m0/s1. The van der Waals surface area contributed by atoms with Gasteiger partial charge in [-0.15, -0.1) is 0 Å². The van der Waals surface area contributed by atoms with Crippen molar-refractivity contribution in [2.75, 3.05) is 13.7 Å². The van der Waals surface area contributed by atoms with Crippen LogP contribution >= 0.6 is 0 Å². The summed E-state index contributed by atoms with van der Waals surface area (Å²) in [6.07, 6.45) is 2.38. The molecule has 0 unspecified atom stereocenters. The van der Waals surface area contributed by atoms with Gasteiger partial charge in [-0.2, -0.15) is 0 Å². The lowest BCUT2D eigenvalue weighted by atomic mass is 10.0. The summed E-state index contributed by atoms with van der Waals surface area (Å²) < 4.78 is 5.07. The van der Waals surface area contributed by atoms with Gasteiger partial charge in [-0.3, -0.25) is 0 Å². The first kappa shape index (κ1) is 9.34. The fraction of sp³-hybridized carbons (Fsp3) is 0.455. The number of rotatable bonds is 2. The quantitative estimate of drug-likeness (QED) is 0.752. The Morgan fingerprint density at radius 1 is 1.50 bits per heavy atom. The van der Waals surface area contributed by atoms with Gasteiger partial charge in [-0.25, -0.2) is 0 Å². The van der Waals surface area contributed by atoms with Gasteiger partial charge in [0.2, 0.25) is 0 Å². The highest BCUT2D eigenvalue weighted by Crippen LogP contribution is 2.31. The van der Waals surface area contributed by atoms with Crippen molar-refractivity contribution in [3.63, 3.8) is 0 Å². The lowest BCUT2D eigenvalue weighted by molar-refractivity contribution is 0.372. The van der Waals surface area contributed by atoms with Crippen LogP contribution in [-0.2, 0) is 0 Å². The minimum Gasteiger partial charge on any atom is -0.504 e. The molecule has 0 radical (unpaired) electrons. The minimum absolute atomic E-state index is 0.203. The first-order chi connectivity index (χ1) is 6.81. The number of ether oxygens (including phenoxy) is 1. The summed E-state index contributed by atoms with van der Waals surface area (Å²) in [5, 5.41) is 12.8. The summed E-state index contributed by atoms with van der Waals surface area (Å²) in [4.78, 5) is 0. The molecular formula is C11H15NO2. The highest BCUT2D eigenvalue weighted by Gasteiger charge is 2.17. The van der Waals surface area contributed by atoms with Gasteiger partial charge in [-0.05, 0) is 37.1 Å². The van der Waals surface area contributed by atoms with Gasteiger partial charge >= 0.3 is 0 Å². The van der Waals surface area contributed by atoms with E-state index in [1.165, 1.54) is 12.0 Å². The maximum Gasteiger partial charge on any atom is 0.160 e. The molecule has 0 amide bonds. The second-order valence-corrected chi connectivity index (χ2v) is 3.58. The predicted octanol–water partition coefficient (Wildman–Crippen LogP) is 1.83. The minimum atomic E-state index is 0.203. The van der Waals surface area contributed by atoms with Crippen LogP contribution in [0.25, 0.3) is 0 Å². The molecule has 1 aromatic carbocycles. The van der Waals surface area contributed by atoms with E-state index in [0.717, 1.165) is 13.0 Å². The van der Waals surface area contributed by atoms with Crippen LogP contribution in [0.15, 0.2) is 18.2 Å². The van der Waals surface area contributed by atoms with Crippen LogP contribution in [-0.4, -0.2) is 18.8 Å². The lowest BCUT2D eigenvalue weighted by Gasteiger charge is -2.12. The molecule has 0 saturated carbocycles. The summed E-state index contributed by atoms with van der Waals surface area (Å²) in [6, 6.07) is 5.96. The Hall–Kier alpha value is -1.22. The molecule has 76 valence electrons. The third kappa shape index (κ3) is 1.68. The predicted molar refractivity (Wildman–Crippen MR) is 54.6 cm³/mol. The van der Waals surface area contributed by atoms with E-state index in [9.17, 15) is 5.11 Å². The van der Waals surface area contributed by atoms with E-state index in [-0.39, 0.29) is 5.75 Å². The smallest absolute Gasteiger partial charge is 0.160 e. The average Bonchev–Trinajstić information content (AvgIpc) is 2.71. The highest BCUT2D eigenvalue weighted by molar-refractivity contribution is 5.42. The second kappa shape index (κ2) is 3.88. The number of hydrogen-bond acceptors (Lipinski definition) is 3. The van der Waals surface area contributed by atoms with Crippen molar-refractivity contribution in [1.82, 2.24) is 5.32 Å². The zero-order valence-electron chi connectivity index (χ0n) is 8.29. The molecule has 2 N–H and O–H groups in total. The number of nitrogens with one attached hydrogen (secondary N) is 1. The Morgan fingerprint density at radius 2 is 2.36 bits per heavy atom. The van der Waals surface area contributed by atoms with Gasteiger partial charge in [-0.1, -0.05) is 6.07 Å². The van der Waals surface area contributed by atoms with E-state index in [1.54, 1.807) is 13.2 Å². The Balaban J connectivity index is 2.25. The Bertz CT molecular complexity index is 319. The fourth-order valence-electron chi connectivity index (χ4n) is 1.88. The molecule has 3 nitrogen and oxygen atoms in total. The van der Waals surface area contributed by atoms with Crippen LogP contribution in [0.5, 0.6) is 11.5 Å². The third-order valence-corrected chi connectivity index (χ3v) is 2.67. The molecule has 1 heterocycles. The van der Waals surface area contributed by atoms with Crippen LogP contribution in [0.1, 0.15) is 24.4 Å². The van der Waals surface area contributed by atoms with Crippen molar-refractivity contribution in [2.24, 2.45) is 0 Å². The van der Waals surface area contributed by atoms with Gasteiger partial charge < -0.3 is 15.2 Å². The van der Waals surface area contributed by atoms with Crippen molar-refractivity contribution < 1.29 is 9.84 Å². The molecule has 1 saturated heterocycles. The van der Waals surface area contributed by atoms with Gasteiger partial charge in [0.1, 0.15) is 0 Å². The molecule has 1 aliphatic heterocycles. The summed E-state index contributed by atoms with van der Waals surface area (Å²) in [7, 11) is 1.57. The highest BCUT2D eigenvalue weighted by atomic mass is 16.5. The number of hydrogen-bond donors (Lipinski definition) is 2. The van der Waals surface area contributed by atoms with Crippen molar-refractivity contribution in [2.45, 2.75) is 18.9 Å². The van der Waals surface area contributed by atoms with E-state index in [2.05, 4.69) is 5.32 Å². The molecule has 3 heteroatoms. The van der Waals surface area contributed by atoms with Crippen molar-refractivity contribution >= 4 is 0 Å². The molecule has 1 fully saturated rings. The molecule has 1 atom stereocenters. The van der Waals surface area contributed by atoms with Crippen LogP contribution in [0.4, 0.5) is 0 Å². The van der Waals surface area contributed by atoms with E-state index < -0.39 is 0 Å². The number of phenolic OH excluding ortho intramolecular Hbond substituents is 1. The normalized spacial score (nSPS) is 21.1. The largest absolute Gasteiger partial charge is 0.504 e. The van der Waals surface area contributed by atoms with Crippen LogP contribution in [0, 0.1) is 0 Å². The van der Waals surface area contributed by atoms with Crippen LogP contribution < -0.4 is 10.1 Å².